The fourth-order valence-electron chi connectivity index (χ4n) is 1.92. The summed E-state index contributed by atoms with van der Waals surface area (Å²) in [4.78, 5) is 0. The van der Waals surface area contributed by atoms with Crippen molar-refractivity contribution in [3.63, 3.8) is 0 Å². The van der Waals surface area contributed by atoms with Crippen LogP contribution < -0.4 is 5.32 Å². The minimum atomic E-state index is -2.77. The van der Waals surface area contributed by atoms with Gasteiger partial charge in [0.2, 0.25) is 0 Å². The zero-order valence-corrected chi connectivity index (χ0v) is 10.0. The molecule has 15 heavy (non-hydrogen) atoms. The number of hydrogen-bond donors (Lipinski definition) is 1. The van der Waals surface area contributed by atoms with Crippen LogP contribution >= 0.6 is 0 Å². The van der Waals surface area contributed by atoms with Crippen LogP contribution in [0.1, 0.15) is 26.2 Å². The molecule has 0 spiro atoms. The molecule has 4 heteroatoms. The highest BCUT2D eigenvalue weighted by Crippen LogP contribution is 2.22. The van der Waals surface area contributed by atoms with E-state index < -0.39 is 9.84 Å². The zero-order valence-electron chi connectivity index (χ0n) is 9.20. The minimum Gasteiger partial charge on any atom is -0.304 e. The summed E-state index contributed by atoms with van der Waals surface area (Å²) in [7, 11) is -2.77. The molecule has 1 aliphatic heterocycles. The largest absolute Gasteiger partial charge is 0.304 e. The van der Waals surface area contributed by atoms with E-state index in [0.717, 1.165) is 25.8 Å². The van der Waals surface area contributed by atoms with E-state index >= 15 is 0 Å². The van der Waals surface area contributed by atoms with Gasteiger partial charge in [0.15, 0.2) is 9.84 Å². The molecule has 3 nitrogen and oxygen atoms in total. The molecule has 2 atom stereocenters. The molecule has 0 aromatic carbocycles. The van der Waals surface area contributed by atoms with Crippen molar-refractivity contribution in [3.8, 4) is 12.3 Å². The fraction of sp³-hybridized carbons (Fsp3) is 0.818. The first kappa shape index (κ1) is 12.5. The topological polar surface area (TPSA) is 46.2 Å². The van der Waals surface area contributed by atoms with Crippen molar-refractivity contribution in [3.05, 3.63) is 0 Å². The van der Waals surface area contributed by atoms with E-state index in [9.17, 15) is 8.42 Å². The number of terminal acetylenes is 1. The third-order valence-corrected chi connectivity index (χ3v) is 4.57. The van der Waals surface area contributed by atoms with Crippen LogP contribution in [-0.2, 0) is 9.84 Å². The Morgan fingerprint density at radius 3 is 2.80 bits per heavy atom. The molecule has 1 heterocycles. The first-order valence-electron chi connectivity index (χ1n) is 5.47. The van der Waals surface area contributed by atoms with Crippen LogP contribution in [0.4, 0.5) is 0 Å². The van der Waals surface area contributed by atoms with Gasteiger partial charge in [-0.3, -0.25) is 0 Å². The van der Waals surface area contributed by atoms with Crippen LogP contribution in [0, 0.1) is 18.3 Å². The summed E-state index contributed by atoms with van der Waals surface area (Å²) in [6.45, 7) is 2.98. The van der Waals surface area contributed by atoms with Gasteiger partial charge < -0.3 is 5.32 Å². The second-order valence-corrected chi connectivity index (χ2v) is 6.41. The lowest BCUT2D eigenvalue weighted by atomic mass is 10.00. The number of sulfone groups is 1. The van der Waals surface area contributed by atoms with Crippen molar-refractivity contribution in [2.24, 2.45) is 5.92 Å². The highest BCUT2D eigenvalue weighted by Gasteiger charge is 2.29. The van der Waals surface area contributed by atoms with E-state index in [1.54, 1.807) is 0 Å². The standard InChI is InChI=1S/C11H19NO2S/c1-3-6-12-11(4-2)8-10-5-7-15(13,14)9-10/h2,10-12H,3,5-9H2,1H3. The van der Waals surface area contributed by atoms with Gasteiger partial charge in [0.05, 0.1) is 17.5 Å². The van der Waals surface area contributed by atoms with Crippen molar-refractivity contribution in [1.82, 2.24) is 5.32 Å². The molecular weight excluding hydrogens is 210 g/mol. The maximum atomic E-state index is 11.3. The third kappa shape index (κ3) is 4.23. The van der Waals surface area contributed by atoms with Crippen LogP contribution in [0.5, 0.6) is 0 Å². The molecule has 1 N–H and O–H groups in total. The molecule has 0 aromatic heterocycles. The Kier molecular flexibility index (Phi) is 4.62. The summed E-state index contributed by atoms with van der Waals surface area (Å²) in [6, 6.07) is 0.0308. The van der Waals surface area contributed by atoms with Gasteiger partial charge in [-0.2, -0.15) is 0 Å². The van der Waals surface area contributed by atoms with Gasteiger partial charge in [-0.05, 0) is 31.7 Å². The Hall–Kier alpha value is -0.530. The molecule has 1 rings (SSSR count). The van der Waals surface area contributed by atoms with E-state index in [-0.39, 0.29) is 12.0 Å². The van der Waals surface area contributed by atoms with Crippen molar-refractivity contribution in [2.45, 2.75) is 32.2 Å². The second kappa shape index (κ2) is 5.53. The van der Waals surface area contributed by atoms with E-state index in [1.807, 2.05) is 0 Å². The van der Waals surface area contributed by atoms with Crippen molar-refractivity contribution in [2.75, 3.05) is 18.1 Å². The Bertz CT molecular complexity index is 329. The van der Waals surface area contributed by atoms with Gasteiger partial charge in [0, 0.05) is 0 Å². The molecule has 1 aliphatic rings. The summed E-state index contributed by atoms with van der Waals surface area (Å²) in [5.74, 6) is 3.59. The van der Waals surface area contributed by atoms with E-state index in [4.69, 9.17) is 6.42 Å². The van der Waals surface area contributed by atoms with E-state index in [1.165, 1.54) is 0 Å². The first-order chi connectivity index (χ1) is 7.07. The van der Waals surface area contributed by atoms with Gasteiger partial charge >= 0.3 is 0 Å². The summed E-state index contributed by atoms with van der Waals surface area (Å²) in [5, 5.41) is 3.24. The van der Waals surface area contributed by atoms with Crippen LogP contribution in [-0.4, -0.2) is 32.5 Å². The van der Waals surface area contributed by atoms with Gasteiger partial charge in [-0.15, -0.1) is 6.42 Å². The normalized spacial score (nSPS) is 26.0. The smallest absolute Gasteiger partial charge is 0.150 e. The monoisotopic (exact) mass is 229 g/mol. The van der Waals surface area contributed by atoms with Crippen molar-refractivity contribution < 1.29 is 8.42 Å². The quantitative estimate of drug-likeness (QED) is 0.710. The summed E-state index contributed by atoms with van der Waals surface area (Å²) in [6.07, 6.45) is 8.00. The zero-order chi connectivity index (χ0) is 11.3. The third-order valence-electron chi connectivity index (χ3n) is 2.74. The number of nitrogens with one attached hydrogen (secondary N) is 1. The molecule has 86 valence electrons. The molecular formula is C11H19NO2S. The van der Waals surface area contributed by atoms with Crippen LogP contribution in [0.25, 0.3) is 0 Å². The van der Waals surface area contributed by atoms with Crippen LogP contribution in [0.15, 0.2) is 0 Å². The molecule has 0 bridgehead atoms. The summed E-state index contributed by atoms with van der Waals surface area (Å²) in [5.41, 5.74) is 0. The second-order valence-electron chi connectivity index (χ2n) is 4.18. The highest BCUT2D eigenvalue weighted by atomic mass is 32.2. The molecule has 0 aliphatic carbocycles. The predicted molar refractivity (Wildman–Crippen MR) is 62.3 cm³/mol. The van der Waals surface area contributed by atoms with Crippen LogP contribution in [0.3, 0.4) is 0 Å². The molecule has 1 fully saturated rings. The maximum Gasteiger partial charge on any atom is 0.150 e. The average molecular weight is 229 g/mol. The van der Waals surface area contributed by atoms with E-state index in [0.29, 0.717) is 11.5 Å². The van der Waals surface area contributed by atoms with Gasteiger partial charge in [0.1, 0.15) is 0 Å². The lowest BCUT2D eigenvalue weighted by Crippen LogP contribution is -2.30. The highest BCUT2D eigenvalue weighted by molar-refractivity contribution is 7.91. The Labute approximate surface area is 92.6 Å². The Balaban J connectivity index is 2.37. The Morgan fingerprint density at radius 2 is 2.33 bits per heavy atom. The SMILES string of the molecule is C#CC(CC1CCS(=O)(=O)C1)NCCC. The van der Waals surface area contributed by atoms with Crippen molar-refractivity contribution >= 4 is 9.84 Å². The van der Waals surface area contributed by atoms with E-state index in [2.05, 4.69) is 18.2 Å². The summed E-state index contributed by atoms with van der Waals surface area (Å²) >= 11 is 0. The molecule has 0 amide bonds. The van der Waals surface area contributed by atoms with Gasteiger partial charge in [0.25, 0.3) is 0 Å². The van der Waals surface area contributed by atoms with Gasteiger partial charge in [-0.25, -0.2) is 8.42 Å². The average Bonchev–Trinajstić information content (AvgIpc) is 2.52. The number of hydrogen-bond acceptors (Lipinski definition) is 3. The molecule has 1 saturated heterocycles. The number of rotatable bonds is 5. The first-order valence-corrected chi connectivity index (χ1v) is 7.29. The summed E-state index contributed by atoms with van der Waals surface area (Å²) < 4.78 is 22.5. The van der Waals surface area contributed by atoms with Crippen molar-refractivity contribution in [1.29, 1.82) is 0 Å². The molecule has 0 aromatic rings. The maximum absolute atomic E-state index is 11.3. The molecule has 0 saturated carbocycles. The van der Waals surface area contributed by atoms with Crippen LogP contribution in [0.2, 0.25) is 0 Å². The minimum absolute atomic E-state index is 0.0308. The molecule has 0 radical (unpaired) electrons. The lowest BCUT2D eigenvalue weighted by Gasteiger charge is -2.15. The Morgan fingerprint density at radius 1 is 1.60 bits per heavy atom. The lowest BCUT2D eigenvalue weighted by molar-refractivity contribution is 0.461. The molecule has 2 unspecified atom stereocenters. The predicted octanol–water partition coefficient (Wildman–Crippen LogP) is 0.813. The van der Waals surface area contributed by atoms with Gasteiger partial charge in [-0.1, -0.05) is 12.8 Å². The fourth-order valence-corrected chi connectivity index (χ4v) is 3.80.